The first kappa shape index (κ1) is 60.0. The molecular weight excluding hydrogens is 863 g/mol. The van der Waals surface area contributed by atoms with Gasteiger partial charge in [-0.3, -0.25) is 47.9 Å². The Morgan fingerprint density at radius 3 is 1.29 bits per heavy atom. The molecule has 0 bridgehead atoms. The summed E-state index contributed by atoms with van der Waals surface area (Å²) in [7, 11) is 0. The smallest absolute Gasteiger partial charge is 0.245 e. The molecule has 0 aliphatic carbocycles. The molecule has 0 heterocycles. The second kappa shape index (κ2) is 26.8. The van der Waals surface area contributed by atoms with Gasteiger partial charge in [0.25, 0.3) is 0 Å². The van der Waals surface area contributed by atoms with Gasteiger partial charge in [-0.15, -0.1) is 0 Å². The molecule has 372 valence electrons. The van der Waals surface area contributed by atoms with Crippen molar-refractivity contribution in [1.82, 2.24) is 42.5 Å². The maximum absolute atomic E-state index is 13.9. The molecule has 0 spiro atoms. The average molecular weight is 942 g/mol. The fourth-order valence-electron chi connectivity index (χ4n) is 6.14. The van der Waals surface area contributed by atoms with E-state index in [0.29, 0.717) is 12.2 Å². The van der Waals surface area contributed by atoms with Crippen molar-refractivity contribution in [1.29, 1.82) is 0 Å². The number of hydrogen-bond donors (Lipinski definition) is 11. The van der Waals surface area contributed by atoms with Crippen molar-refractivity contribution in [2.24, 2.45) is 35.0 Å². The molecule has 22 heteroatoms. The Hall–Kier alpha value is -4.99. The molecule has 0 radical (unpaired) electrons. The van der Waals surface area contributed by atoms with E-state index in [1.165, 1.54) is 60.2 Å². The van der Waals surface area contributed by atoms with Gasteiger partial charge in [0.1, 0.15) is 46.8 Å². The largest absolute Gasteiger partial charge is 0.370 e. The molecule has 0 aliphatic rings. The summed E-state index contributed by atoms with van der Waals surface area (Å²) in [6.45, 7) is 21.0. The number of thioether (sulfide) groups is 1. The Kier molecular flexibility index (Phi) is 24.8. The first-order valence-electron chi connectivity index (χ1n) is 22.0. The lowest BCUT2D eigenvalue weighted by atomic mass is 9.98. The minimum atomic E-state index is -1.63. The standard InChI is InChI=1S/C43H79N11O10S/c1-22(2)19-26(44)34(58)53-41(8,9)38(62)47-25(7)33(57)52-42(10,11)40(64)51-30(21-24(5)6)36(60)49-28(17-18-65-14)35(59)48-27(15-16-31(45)55)37(61)54-43(12,13)39(63)50-29(32(46)56)20-23(3)4/h22-30H,15-21,44H2,1-14H3,(H2,45,55)(H2,46,56)(H,47,62)(H,48,59)(H,49,60)(H,50,63)(H,51,64)(H,52,57)(H,53,58)(H,54,61)/t25-,26-,27-,28-,29-,30-/m0/s1. The highest BCUT2D eigenvalue weighted by Crippen LogP contribution is 2.14. The zero-order valence-corrected chi connectivity index (χ0v) is 41.7. The van der Waals surface area contributed by atoms with Crippen LogP contribution in [-0.4, -0.2) is 124 Å². The fraction of sp³-hybridized carbons (Fsp3) is 0.767. The number of nitrogens with one attached hydrogen (secondary N) is 8. The summed E-state index contributed by atoms with van der Waals surface area (Å²) < 4.78 is 0. The number of primary amides is 2. The summed E-state index contributed by atoms with van der Waals surface area (Å²) in [6, 6.07) is -6.87. The van der Waals surface area contributed by atoms with Crippen molar-refractivity contribution in [2.45, 2.75) is 181 Å². The number of amides is 10. The van der Waals surface area contributed by atoms with Crippen LogP contribution in [0.3, 0.4) is 0 Å². The van der Waals surface area contributed by atoms with Gasteiger partial charge < -0.3 is 59.7 Å². The first-order valence-corrected chi connectivity index (χ1v) is 23.4. The summed E-state index contributed by atoms with van der Waals surface area (Å²) in [4.78, 5) is 131. The predicted octanol–water partition coefficient (Wildman–Crippen LogP) is -0.916. The molecular formula is C43H79N11O10S. The highest BCUT2D eigenvalue weighted by molar-refractivity contribution is 7.98. The Bertz CT molecular complexity index is 1700. The van der Waals surface area contributed by atoms with E-state index in [2.05, 4.69) is 42.5 Å². The number of carbonyl (C=O) groups is 10. The molecule has 0 aromatic rings. The van der Waals surface area contributed by atoms with Gasteiger partial charge in [0.15, 0.2) is 0 Å². The second-order valence-corrected chi connectivity index (χ2v) is 20.4. The molecule has 65 heavy (non-hydrogen) atoms. The van der Waals surface area contributed by atoms with Crippen LogP contribution in [-0.2, 0) is 47.9 Å². The summed E-state index contributed by atoms with van der Waals surface area (Å²) in [6.07, 6.45) is 2.04. The lowest BCUT2D eigenvalue weighted by Crippen LogP contribution is -2.64. The average Bonchev–Trinajstić information content (AvgIpc) is 3.15. The normalized spacial score (nSPS) is 14.7. The van der Waals surface area contributed by atoms with Crippen molar-refractivity contribution in [3.63, 3.8) is 0 Å². The number of carbonyl (C=O) groups excluding carboxylic acids is 10. The van der Waals surface area contributed by atoms with Crippen LogP contribution in [0.5, 0.6) is 0 Å². The third-order valence-electron chi connectivity index (χ3n) is 10.1. The molecule has 0 saturated carbocycles. The second-order valence-electron chi connectivity index (χ2n) is 19.4. The van der Waals surface area contributed by atoms with Crippen molar-refractivity contribution >= 4 is 70.8 Å². The monoisotopic (exact) mass is 942 g/mol. The van der Waals surface area contributed by atoms with Gasteiger partial charge in [-0.25, -0.2) is 0 Å². The van der Waals surface area contributed by atoms with Crippen molar-refractivity contribution < 1.29 is 47.9 Å². The molecule has 0 rings (SSSR count). The van der Waals surface area contributed by atoms with Gasteiger partial charge in [-0.1, -0.05) is 41.5 Å². The zero-order chi connectivity index (χ0) is 50.8. The van der Waals surface area contributed by atoms with Crippen LogP contribution < -0.4 is 59.7 Å². The van der Waals surface area contributed by atoms with Crippen LogP contribution >= 0.6 is 11.8 Å². The number of hydrogen-bond acceptors (Lipinski definition) is 12. The molecule has 10 amide bonds. The van der Waals surface area contributed by atoms with Gasteiger partial charge >= 0.3 is 0 Å². The number of nitrogens with two attached hydrogens (primary N) is 3. The molecule has 0 aromatic heterocycles. The van der Waals surface area contributed by atoms with E-state index < -0.39 is 112 Å². The van der Waals surface area contributed by atoms with Crippen molar-refractivity contribution in [3.8, 4) is 0 Å². The van der Waals surface area contributed by atoms with Gasteiger partial charge in [0, 0.05) is 6.42 Å². The topological polar surface area (TPSA) is 345 Å². The Balaban J connectivity index is 6.17. The predicted molar refractivity (Wildman–Crippen MR) is 249 cm³/mol. The van der Waals surface area contributed by atoms with E-state index in [-0.39, 0.29) is 49.9 Å². The van der Waals surface area contributed by atoms with Crippen molar-refractivity contribution in [2.75, 3.05) is 12.0 Å². The summed E-state index contributed by atoms with van der Waals surface area (Å²) in [5.41, 5.74) is 12.1. The van der Waals surface area contributed by atoms with Gasteiger partial charge in [-0.2, -0.15) is 11.8 Å². The lowest BCUT2D eigenvalue weighted by Gasteiger charge is -2.32. The third-order valence-corrected chi connectivity index (χ3v) is 10.7. The molecule has 0 aliphatic heterocycles. The molecule has 21 nitrogen and oxygen atoms in total. The molecule has 6 atom stereocenters. The molecule has 0 aromatic carbocycles. The lowest BCUT2D eigenvalue weighted by molar-refractivity contribution is -0.138. The van der Waals surface area contributed by atoms with Crippen LogP contribution in [0, 0.1) is 17.8 Å². The maximum atomic E-state index is 13.9. The quantitative estimate of drug-likeness (QED) is 0.0434. The van der Waals surface area contributed by atoms with E-state index >= 15 is 0 Å². The molecule has 0 fully saturated rings. The van der Waals surface area contributed by atoms with Crippen LogP contribution in [0.15, 0.2) is 0 Å². The maximum Gasteiger partial charge on any atom is 0.245 e. The Morgan fingerprint density at radius 1 is 0.477 bits per heavy atom. The highest BCUT2D eigenvalue weighted by atomic mass is 32.2. The fourth-order valence-corrected chi connectivity index (χ4v) is 6.61. The molecule has 0 saturated heterocycles. The van der Waals surface area contributed by atoms with E-state index in [4.69, 9.17) is 17.2 Å². The summed E-state index contributed by atoms with van der Waals surface area (Å²) >= 11 is 1.38. The summed E-state index contributed by atoms with van der Waals surface area (Å²) in [5.74, 6) is -6.97. The molecule has 0 unspecified atom stereocenters. The van der Waals surface area contributed by atoms with Crippen LogP contribution in [0.1, 0.15) is 129 Å². The minimum absolute atomic E-state index is 0.00795. The Labute approximate surface area is 388 Å². The summed E-state index contributed by atoms with van der Waals surface area (Å²) in [5, 5.41) is 20.8. The minimum Gasteiger partial charge on any atom is -0.370 e. The number of rotatable bonds is 29. The first-order chi connectivity index (χ1) is 29.7. The Morgan fingerprint density at radius 2 is 0.862 bits per heavy atom. The van der Waals surface area contributed by atoms with Crippen LogP contribution in [0.25, 0.3) is 0 Å². The zero-order valence-electron chi connectivity index (χ0n) is 40.9. The van der Waals surface area contributed by atoms with E-state index in [1.807, 2.05) is 41.5 Å². The van der Waals surface area contributed by atoms with Crippen molar-refractivity contribution in [3.05, 3.63) is 0 Å². The third kappa shape index (κ3) is 22.2. The van der Waals surface area contributed by atoms with Gasteiger partial charge in [0.05, 0.1) is 6.04 Å². The van der Waals surface area contributed by atoms with Crippen LogP contribution in [0.4, 0.5) is 0 Å². The highest BCUT2D eigenvalue weighted by Gasteiger charge is 2.39. The van der Waals surface area contributed by atoms with Gasteiger partial charge in [0.2, 0.25) is 59.1 Å². The van der Waals surface area contributed by atoms with Gasteiger partial charge in [-0.05, 0) is 110 Å². The molecule has 14 N–H and O–H groups in total. The SMILES string of the molecule is CSCC[C@H](NC(=O)[C@H](CC(C)C)NC(=O)C(C)(C)NC(=O)[C@H](C)NC(=O)C(C)(C)NC(=O)[C@@H](N)CC(C)C)C(=O)N[C@@H](CCC(N)=O)C(=O)NC(C)(C)C(=O)N[C@@H](CC(C)C)C(N)=O. The van der Waals surface area contributed by atoms with Crippen LogP contribution in [0.2, 0.25) is 0 Å². The van der Waals surface area contributed by atoms with E-state index in [9.17, 15) is 47.9 Å². The van der Waals surface area contributed by atoms with E-state index in [0.717, 1.165) is 0 Å². The van der Waals surface area contributed by atoms with E-state index in [1.54, 1.807) is 6.26 Å².